The molecule has 1 saturated heterocycles. The van der Waals surface area contributed by atoms with Gasteiger partial charge in [-0.05, 0) is 18.6 Å². The Morgan fingerprint density at radius 2 is 2.09 bits per heavy atom. The van der Waals surface area contributed by atoms with Crippen LogP contribution in [0.2, 0.25) is 0 Å². The highest BCUT2D eigenvalue weighted by atomic mass is 32.2. The highest BCUT2D eigenvalue weighted by Crippen LogP contribution is 2.46. The third-order valence-electron chi connectivity index (χ3n) is 6.23. The first-order valence-corrected chi connectivity index (χ1v) is 17.0. The number of nitrogens with two attached hydrogens (primary N) is 3. The van der Waals surface area contributed by atoms with Gasteiger partial charge in [0.15, 0.2) is 5.13 Å². The fraction of sp³-hybridized carbons (Fsp3) is 0.375. The molecule has 46 heavy (non-hydrogen) atoms. The molecule has 18 nitrogen and oxygen atoms in total. The Morgan fingerprint density at radius 1 is 1.30 bits per heavy atom. The van der Waals surface area contributed by atoms with E-state index in [0.717, 1.165) is 16.4 Å². The molecule has 10 N–H and O–H groups in total. The van der Waals surface area contributed by atoms with Crippen molar-refractivity contribution in [3.05, 3.63) is 40.6 Å². The van der Waals surface area contributed by atoms with Crippen LogP contribution in [0.25, 0.3) is 0 Å². The van der Waals surface area contributed by atoms with Crippen molar-refractivity contribution in [2.45, 2.75) is 40.9 Å². The molecule has 0 bridgehead atoms. The minimum absolute atomic E-state index is 0.0180. The lowest BCUT2D eigenvalue weighted by atomic mass is 10.1. The lowest BCUT2D eigenvalue weighted by Crippen LogP contribution is -2.70. The van der Waals surface area contributed by atoms with E-state index in [4.69, 9.17) is 21.9 Å². The fourth-order valence-electron chi connectivity index (χ4n) is 4.07. The Balaban J connectivity index is 1.38. The standard InChI is InChI=1S/C24H28N10O8S4/c25-10(3-4-14(26)35)18(36)29-6-7-43-8-11-12(2-1-5-28-11)45-13-9-44-22-16(20(38)34(22)21(13)42-24(39)40)30-19(37)15(32-41)17-31-23(27)46-33-17/h1-2,5,10,16,22,41H,3-4,6-9,25H2,(H2,26,35)(H,29,36)(H,30,37)(H,39,40)(H2,27,31,33)/b32-15-/t10-,16+,22-/m0/s1. The average molecular weight is 713 g/mol. The summed E-state index contributed by atoms with van der Waals surface area (Å²) in [6.45, 7) is 0.331. The number of aromatic nitrogens is 3. The number of nitrogens with zero attached hydrogens (tertiary/aromatic N) is 5. The van der Waals surface area contributed by atoms with Crippen LogP contribution in [0.5, 0.6) is 0 Å². The van der Waals surface area contributed by atoms with Crippen LogP contribution in [0, 0.1) is 0 Å². The molecule has 0 aliphatic carbocycles. The van der Waals surface area contributed by atoms with Crippen LogP contribution in [0.1, 0.15) is 24.4 Å². The number of amides is 4. The van der Waals surface area contributed by atoms with Gasteiger partial charge >= 0.3 is 6.16 Å². The molecule has 3 atom stereocenters. The highest BCUT2D eigenvalue weighted by molar-refractivity contribution is 8.06. The summed E-state index contributed by atoms with van der Waals surface area (Å²) in [6.07, 6.45) is 0.160. The van der Waals surface area contributed by atoms with Crippen LogP contribution in [0.3, 0.4) is 0 Å². The Kier molecular flexibility index (Phi) is 12.0. The highest BCUT2D eigenvalue weighted by Gasteiger charge is 2.54. The Labute approximate surface area is 277 Å². The number of hydrogen-bond acceptors (Lipinski definition) is 17. The van der Waals surface area contributed by atoms with Crippen molar-refractivity contribution < 1.29 is 39.0 Å². The number of carbonyl (C=O) groups is 5. The van der Waals surface area contributed by atoms with Gasteiger partial charge in [-0.25, -0.2) is 4.79 Å². The summed E-state index contributed by atoms with van der Waals surface area (Å²) < 4.78 is 8.89. The van der Waals surface area contributed by atoms with Gasteiger partial charge in [-0.15, -0.1) is 11.8 Å². The van der Waals surface area contributed by atoms with Crippen LogP contribution < -0.4 is 27.8 Å². The second-order valence-corrected chi connectivity index (χ2v) is 13.5. The van der Waals surface area contributed by atoms with E-state index in [1.165, 1.54) is 35.3 Å². The lowest BCUT2D eigenvalue weighted by molar-refractivity contribution is -0.148. The first kappa shape index (κ1) is 34.7. The van der Waals surface area contributed by atoms with E-state index < -0.39 is 47.0 Å². The molecule has 0 saturated carbocycles. The summed E-state index contributed by atoms with van der Waals surface area (Å²) in [4.78, 5) is 71.0. The summed E-state index contributed by atoms with van der Waals surface area (Å²) in [5.41, 5.74) is 16.5. The number of thioether (sulfide) groups is 3. The average Bonchev–Trinajstić information content (AvgIpc) is 3.45. The summed E-state index contributed by atoms with van der Waals surface area (Å²) in [5.74, 6) is -1.64. The van der Waals surface area contributed by atoms with E-state index in [1.807, 2.05) is 0 Å². The molecule has 0 spiro atoms. The van der Waals surface area contributed by atoms with Crippen molar-refractivity contribution in [3.8, 4) is 0 Å². The number of carboxylic acid groups (broad SMARTS) is 1. The van der Waals surface area contributed by atoms with E-state index in [2.05, 4.69) is 30.1 Å². The number of ether oxygens (including phenoxy) is 1. The normalized spacial score (nSPS) is 18.3. The topological polar surface area (TPSA) is 291 Å². The zero-order valence-corrected chi connectivity index (χ0v) is 26.9. The number of β-lactam (4-membered cyclic amide) rings is 1. The Hall–Kier alpha value is -4.12. The zero-order chi connectivity index (χ0) is 33.4. The van der Waals surface area contributed by atoms with E-state index in [9.17, 15) is 34.3 Å². The Bertz CT molecular complexity index is 1570. The van der Waals surface area contributed by atoms with Crippen molar-refractivity contribution in [1.29, 1.82) is 0 Å². The quantitative estimate of drug-likeness (QED) is 0.0311. The molecule has 4 heterocycles. The number of fused-ring (bicyclic) bond motifs is 1. The lowest BCUT2D eigenvalue weighted by Gasteiger charge is -2.48. The number of rotatable bonds is 15. The van der Waals surface area contributed by atoms with Gasteiger partial charge in [0.2, 0.25) is 29.2 Å². The fourth-order valence-corrected chi connectivity index (χ4v) is 7.90. The zero-order valence-electron chi connectivity index (χ0n) is 23.7. The van der Waals surface area contributed by atoms with Crippen molar-refractivity contribution in [2.75, 3.05) is 23.8 Å². The maximum atomic E-state index is 13.2. The van der Waals surface area contributed by atoms with Crippen LogP contribution >= 0.6 is 46.8 Å². The molecule has 4 rings (SSSR count). The molecular weight excluding hydrogens is 685 g/mol. The third kappa shape index (κ3) is 8.57. The largest absolute Gasteiger partial charge is 0.512 e. The predicted molar refractivity (Wildman–Crippen MR) is 169 cm³/mol. The first-order valence-electron chi connectivity index (χ1n) is 13.2. The van der Waals surface area contributed by atoms with Crippen LogP contribution in [0.4, 0.5) is 9.93 Å². The van der Waals surface area contributed by atoms with Gasteiger partial charge in [0.25, 0.3) is 11.8 Å². The second-order valence-electron chi connectivity index (χ2n) is 9.37. The van der Waals surface area contributed by atoms with Gasteiger partial charge in [0, 0.05) is 52.8 Å². The van der Waals surface area contributed by atoms with Gasteiger partial charge in [-0.1, -0.05) is 16.9 Å². The maximum Gasteiger partial charge on any atom is 0.512 e. The smallest absolute Gasteiger partial charge is 0.449 e. The summed E-state index contributed by atoms with van der Waals surface area (Å²) in [7, 11) is 0. The molecule has 0 unspecified atom stereocenters. The second kappa shape index (κ2) is 15.9. The molecular formula is C24H28N10O8S4. The predicted octanol–water partition coefficient (Wildman–Crippen LogP) is -0.308. The number of nitrogens with one attached hydrogen (secondary N) is 2. The number of carbonyl (C=O) groups excluding carboxylic acids is 4. The van der Waals surface area contributed by atoms with Gasteiger partial charge in [0.05, 0.1) is 16.6 Å². The van der Waals surface area contributed by atoms with E-state index in [1.54, 1.807) is 18.3 Å². The molecule has 4 amide bonds. The van der Waals surface area contributed by atoms with E-state index >= 15 is 0 Å². The van der Waals surface area contributed by atoms with Crippen LogP contribution in [0.15, 0.2) is 39.2 Å². The van der Waals surface area contributed by atoms with Crippen LogP contribution in [-0.2, 0) is 29.7 Å². The van der Waals surface area contributed by atoms with E-state index in [-0.39, 0.29) is 41.3 Å². The number of anilines is 1. The van der Waals surface area contributed by atoms with Gasteiger partial charge in [-0.2, -0.15) is 21.1 Å². The molecule has 22 heteroatoms. The Morgan fingerprint density at radius 3 is 2.76 bits per heavy atom. The third-order valence-corrected chi connectivity index (χ3v) is 10.4. The van der Waals surface area contributed by atoms with E-state index in [0.29, 0.717) is 33.5 Å². The van der Waals surface area contributed by atoms with Crippen molar-refractivity contribution >= 4 is 87.4 Å². The molecule has 2 aromatic heterocycles. The van der Waals surface area contributed by atoms with Gasteiger partial charge in [-0.3, -0.25) is 29.1 Å². The molecule has 246 valence electrons. The van der Waals surface area contributed by atoms with Crippen molar-refractivity contribution in [2.24, 2.45) is 16.6 Å². The van der Waals surface area contributed by atoms with Gasteiger partial charge < -0.3 is 42.9 Å². The SMILES string of the molecule is NC(=O)CC[C@H](N)C(=O)NCCSCc1ncccc1SC1=C(OC(=O)O)N2C(=O)[C@@H](NC(=O)/C(=N\O)c3nsc(N)n3)[C@@H]2SC1. The molecule has 2 aliphatic heterocycles. The minimum atomic E-state index is -1.63. The number of pyridine rings is 1. The number of primary amides is 1. The molecule has 2 aliphatic rings. The van der Waals surface area contributed by atoms with Gasteiger partial charge in [0.1, 0.15) is 11.4 Å². The summed E-state index contributed by atoms with van der Waals surface area (Å²) in [6, 6.07) is 1.60. The number of oxime groups is 1. The molecule has 2 aromatic rings. The first-order chi connectivity index (χ1) is 22.0. The number of nitrogen functional groups attached to an aromatic ring is 1. The monoisotopic (exact) mass is 712 g/mol. The summed E-state index contributed by atoms with van der Waals surface area (Å²) >= 11 is 4.74. The van der Waals surface area contributed by atoms with Crippen molar-refractivity contribution in [1.82, 2.24) is 29.9 Å². The number of hydrogen-bond donors (Lipinski definition) is 7. The molecule has 0 aromatic carbocycles. The molecule has 0 radical (unpaired) electrons. The van der Waals surface area contributed by atoms with Crippen LogP contribution in [-0.4, -0.2) is 101 Å². The molecule has 1 fully saturated rings. The summed E-state index contributed by atoms with van der Waals surface area (Å²) in [5, 5.41) is 26.2. The minimum Gasteiger partial charge on any atom is -0.449 e. The van der Waals surface area contributed by atoms with Crippen molar-refractivity contribution in [3.63, 3.8) is 0 Å². The maximum absolute atomic E-state index is 13.2.